The lowest BCUT2D eigenvalue weighted by Gasteiger charge is -2.43. The highest BCUT2D eigenvalue weighted by Crippen LogP contribution is 2.31. The van der Waals surface area contributed by atoms with Gasteiger partial charge in [0.1, 0.15) is 6.10 Å². The van der Waals surface area contributed by atoms with Crippen molar-refractivity contribution < 1.29 is 47.6 Å². The minimum Gasteiger partial charge on any atom is -0.463 e. The van der Waals surface area contributed by atoms with E-state index >= 15 is 0 Å². The van der Waals surface area contributed by atoms with Gasteiger partial charge in [0.2, 0.25) is 0 Å². The zero-order chi connectivity index (χ0) is 29.9. The van der Waals surface area contributed by atoms with E-state index in [2.05, 4.69) is 0 Å². The van der Waals surface area contributed by atoms with Crippen molar-refractivity contribution in [2.24, 2.45) is 0 Å². The highest BCUT2D eigenvalue weighted by Gasteiger charge is 2.52. The van der Waals surface area contributed by atoms with Gasteiger partial charge in [0.05, 0.1) is 23.3 Å². The SMILES string of the molecule is CCOC(=O)/C=C/[C@H]1O[C@H](OC)[C@@H](OC(=O)c2ccccc2)[C@@H](OC(=O)c2ccccc2)[C@@H]1OC(=O)c1ccccc1. The van der Waals surface area contributed by atoms with Crippen molar-refractivity contribution in [2.75, 3.05) is 13.7 Å². The Morgan fingerprint density at radius 2 is 1.10 bits per heavy atom. The smallest absolute Gasteiger partial charge is 0.338 e. The summed E-state index contributed by atoms with van der Waals surface area (Å²) in [6, 6.07) is 24.4. The van der Waals surface area contributed by atoms with Crippen molar-refractivity contribution >= 4 is 23.9 Å². The van der Waals surface area contributed by atoms with E-state index in [0.29, 0.717) is 0 Å². The van der Waals surface area contributed by atoms with Crippen LogP contribution in [0.4, 0.5) is 0 Å². The zero-order valence-electron chi connectivity index (χ0n) is 23.0. The molecule has 0 amide bonds. The van der Waals surface area contributed by atoms with Gasteiger partial charge in [0, 0.05) is 13.2 Å². The summed E-state index contributed by atoms with van der Waals surface area (Å²) in [6.07, 6.45) is -4.22. The van der Waals surface area contributed by atoms with E-state index in [1.54, 1.807) is 97.9 Å². The molecular formula is C32H30O10. The van der Waals surface area contributed by atoms with Crippen LogP contribution in [0.5, 0.6) is 0 Å². The molecule has 0 aromatic heterocycles. The normalized spacial score (nSPS) is 21.7. The van der Waals surface area contributed by atoms with Gasteiger partial charge in [0.25, 0.3) is 0 Å². The minimum absolute atomic E-state index is 0.136. The number of hydrogen-bond acceptors (Lipinski definition) is 10. The van der Waals surface area contributed by atoms with Crippen LogP contribution in [0.25, 0.3) is 0 Å². The van der Waals surface area contributed by atoms with Gasteiger partial charge in [0.15, 0.2) is 24.6 Å². The van der Waals surface area contributed by atoms with E-state index in [9.17, 15) is 19.2 Å². The average Bonchev–Trinajstić information content (AvgIpc) is 3.03. The molecule has 0 radical (unpaired) electrons. The van der Waals surface area contributed by atoms with Gasteiger partial charge in [-0.25, -0.2) is 19.2 Å². The molecule has 10 heteroatoms. The first kappa shape index (κ1) is 30.2. The predicted octanol–water partition coefficient (Wildman–Crippen LogP) is 4.15. The van der Waals surface area contributed by atoms with Crippen LogP contribution < -0.4 is 0 Å². The lowest BCUT2D eigenvalue weighted by atomic mass is 9.97. The molecular weight excluding hydrogens is 544 g/mol. The number of methoxy groups -OCH3 is 1. The van der Waals surface area contributed by atoms with Crippen molar-refractivity contribution in [3.63, 3.8) is 0 Å². The highest BCUT2D eigenvalue weighted by molar-refractivity contribution is 5.91. The van der Waals surface area contributed by atoms with E-state index < -0.39 is 54.6 Å². The van der Waals surface area contributed by atoms with E-state index in [1.807, 2.05) is 0 Å². The van der Waals surface area contributed by atoms with E-state index in [4.69, 9.17) is 28.4 Å². The maximum Gasteiger partial charge on any atom is 0.338 e. The van der Waals surface area contributed by atoms with Crippen LogP contribution in [0.3, 0.4) is 0 Å². The Labute approximate surface area is 242 Å². The van der Waals surface area contributed by atoms with E-state index in [0.717, 1.165) is 6.08 Å². The second kappa shape index (κ2) is 14.7. The fraction of sp³-hybridized carbons (Fsp3) is 0.250. The molecule has 0 bridgehead atoms. The number of benzene rings is 3. The van der Waals surface area contributed by atoms with Crippen LogP contribution in [0.1, 0.15) is 38.0 Å². The maximum atomic E-state index is 13.3. The molecule has 0 saturated carbocycles. The molecule has 3 aromatic rings. The molecule has 0 aliphatic carbocycles. The maximum absolute atomic E-state index is 13.3. The summed E-state index contributed by atoms with van der Waals surface area (Å²) in [5.41, 5.74) is 0.644. The largest absolute Gasteiger partial charge is 0.463 e. The lowest BCUT2D eigenvalue weighted by Crippen LogP contribution is -2.61. The van der Waals surface area contributed by atoms with Gasteiger partial charge in [-0.05, 0) is 49.4 Å². The Hall–Kier alpha value is -4.80. The fourth-order valence-corrected chi connectivity index (χ4v) is 4.24. The first-order chi connectivity index (χ1) is 20.4. The van der Waals surface area contributed by atoms with Crippen molar-refractivity contribution in [2.45, 2.75) is 37.6 Å². The monoisotopic (exact) mass is 574 g/mol. The summed E-state index contributed by atoms with van der Waals surface area (Å²) in [5, 5.41) is 0. The van der Waals surface area contributed by atoms with Crippen LogP contribution in [0.2, 0.25) is 0 Å². The Balaban J connectivity index is 1.75. The summed E-state index contributed by atoms with van der Waals surface area (Å²) in [6.45, 7) is 1.79. The van der Waals surface area contributed by atoms with Gasteiger partial charge < -0.3 is 28.4 Å². The van der Waals surface area contributed by atoms with Crippen LogP contribution in [-0.4, -0.2) is 68.3 Å². The number of carbonyl (C=O) groups excluding carboxylic acids is 4. The third-order valence-electron chi connectivity index (χ3n) is 6.23. The second-order valence-electron chi connectivity index (χ2n) is 9.02. The number of esters is 4. The van der Waals surface area contributed by atoms with E-state index in [-0.39, 0.29) is 23.3 Å². The van der Waals surface area contributed by atoms with Crippen molar-refractivity contribution in [3.8, 4) is 0 Å². The van der Waals surface area contributed by atoms with Gasteiger partial charge in [-0.15, -0.1) is 0 Å². The molecule has 0 N–H and O–H groups in total. The molecule has 0 spiro atoms. The number of ether oxygens (including phenoxy) is 6. The molecule has 0 unspecified atom stereocenters. The first-order valence-electron chi connectivity index (χ1n) is 13.2. The highest BCUT2D eigenvalue weighted by atomic mass is 16.7. The van der Waals surface area contributed by atoms with Gasteiger partial charge >= 0.3 is 23.9 Å². The summed E-state index contributed by atoms with van der Waals surface area (Å²) in [5.74, 6) is -2.95. The minimum atomic E-state index is -1.42. The van der Waals surface area contributed by atoms with Crippen LogP contribution >= 0.6 is 0 Å². The summed E-state index contributed by atoms with van der Waals surface area (Å²) in [7, 11) is 1.31. The molecule has 3 aromatic carbocycles. The molecule has 1 aliphatic heterocycles. The predicted molar refractivity (Wildman–Crippen MR) is 148 cm³/mol. The molecule has 5 atom stereocenters. The number of hydrogen-bond donors (Lipinski definition) is 0. The second-order valence-corrected chi connectivity index (χ2v) is 9.02. The molecule has 10 nitrogen and oxygen atoms in total. The van der Waals surface area contributed by atoms with Crippen LogP contribution in [0, 0.1) is 0 Å². The lowest BCUT2D eigenvalue weighted by molar-refractivity contribution is -0.277. The Kier molecular flexibility index (Phi) is 10.6. The van der Waals surface area contributed by atoms with Gasteiger partial charge in [-0.2, -0.15) is 0 Å². The topological polar surface area (TPSA) is 124 Å². The first-order valence-corrected chi connectivity index (χ1v) is 13.2. The van der Waals surface area contributed by atoms with Crippen molar-refractivity contribution in [3.05, 3.63) is 120 Å². The molecule has 218 valence electrons. The molecule has 42 heavy (non-hydrogen) atoms. The molecule has 1 fully saturated rings. The Bertz CT molecular complexity index is 1370. The number of rotatable bonds is 10. The Morgan fingerprint density at radius 3 is 1.52 bits per heavy atom. The van der Waals surface area contributed by atoms with Gasteiger partial charge in [-0.1, -0.05) is 54.6 Å². The fourth-order valence-electron chi connectivity index (χ4n) is 4.24. The number of carbonyl (C=O) groups is 4. The summed E-state index contributed by atoms with van der Waals surface area (Å²) in [4.78, 5) is 51.8. The standard InChI is InChI=1S/C32H30O10/c1-3-38-25(33)20-19-24-26(40-29(34)21-13-7-4-8-14-21)27(41-30(35)22-15-9-5-10-16-22)28(32(37-2)39-24)42-31(36)23-17-11-6-12-18-23/h4-20,24,26-28,32H,3H2,1-2H3/b20-19+/t24-,26-,27+,28+,32+/m1/s1. The van der Waals surface area contributed by atoms with Crippen LogP contribution in [0.15, 0.2) is 103 Å². The molecule has 1 aliphatic rings. The third kappa shape index (κ3) is 7.68. The van der Waals surface area contributed by atoms with Crippen LogP contribution in [-0.2, 0) is 33.2 Å². The average molecular weight is 575 g/mol. The quantitative estimate of drug-likeness (QED) is 0.198. The zero-order valence-corrected chi connectivity index (χ0v) is 23.0. The van der Waals surface area contributed by atoms with Gasteiger partial charge in [-0.3, -0.25) is 0 Å². The summed E-state index contributed by atoms with van der Waals surface area (Å²) >= 11 is 0. The molecule has 1 heterocycles. The Morgan fingerprint density at radius 1 is 0.667 bits per heavy atom. The third-order valence-corrected chi connectivity index (χ3v) is 6.23. The van der Waals surface area contributed by atoms with E-state index in [1.165, 1.54) is 13.2 Å². The van der Waals surface area contributed by atoms with Crippen molar-refractivity contribution in [1.29, 1.82) is 0 Å². The summed E-state index contributed by atoms with van der Waals surface area (Å²) < 4.78 is 34.0. The van der Waals surface area contributed by atoms with Crippen molar-refractivity contribution in [1.82, 2.24) is 0 Å². The molecule has 4 rings (SSSR count). The molecule has 1 saturated heterocycles.